The van der Waals surface area contributed by atoms with E-state index in [2.05, 4.69) is 19.1 Å². The van der Waals surface area contributed by atoms with Crippen molar-refractivity contribution in [3.05, 3.63) is 21.9 Å². The van der Waals surface area contributed by atoms with Crippen molar-refractivity contribution >= 4 is 11.3 Å². The van der Waals surface area contributed by atoms with Gasteiger partial charge in [0.1, 0.15) is 0 Å². The molecule has 0 saturated carbocycles. The highest BCUT2D eigenvalue weighted by Gasteiger charge is 2.10. The Morgan fingerprint density at radius 1 is 1.33 bits per heavy atom. The average Bonchev–Trinajstić information content (AvgIpc) is 2.62. The number of aliphatic hydroxyl groups excluding tert-OH is 1. The van der Waals surface area contributed by atoms with Gasteiger partial charge < -0.3 is 10.8 Å². The molecule has 0 spiro atoms. The monoisotopic (exact) mass is 227 g/mol. The molecule has 1 aromatic rings. The highest BCUT2D eigenvalue weighted by Crippen LogP contribution is 2.20. The predicted octanol–water partition coefficient (Wildman–Crippen LogP) is 2.34. The third-order valence-electron chi connectivity index (χ3n) is 2.51. The summed E-state index contributed by atoms with van der Waals surface area (Å²) in [5.74, 6) is 0. The standard InChI is InChI=1S/C12H21NOS/c1-3-4-10-5-6-11(15-10)7-8-12(14)9(2)13/h5-6,9,12,14H,3-4,7-8,13H2,1-2H3. The quantitative estimate of drug-likeness (QED) is 0.783. The summed E-state index contributed by atoms with van der Waals surface area (Å²) in [7, 11) is 0. The first-order valence-electron chi connectivity index (χ1n) is 5.64. The Bertz CT molecular complexity index is 283. The summed E-state index contributed by atoms with van der Waals surface area (Å²) in [6.07, 6.45) is 3.70. The van der Waals surface area contributed by atoms with Gasteiger partial charge in [0.2, 0.25) is 0 Å². The van der Waals surface area contributed by atoms with Crippen LogP contribution in [0.25, 0.3) is 0 Å². The van der Waals surface area contributed by atoms with Gasteiger partial charge in [0.15, 0.2) is 0 Å². The molecule has 0 aliphatic carbocycles. The first kappa shape index (κ1) is 12.7. The SMILES string of the molecule is CCCc1ccc(CCC(O)C(C)N)s1. The van der Waals surface area contributed by atoms with Crippen LogP contribution < -0.4 is 5.73 Å². The van der Waals surface area contributed by atoms with Gasteiger partial charge in [0.05, 0.1) is 6.10 Å². The first-order chi connectivity index (χ1) is 7.13. The molecular formula is C12H21NOS. The lowest BCUT2D eigenvalue weighted by Crippen LogP contribution is -2.31. The van der Waals surface area contributed by atoms with E-state index < -0.39 is 0 Å². The molecule has 0 aliphatic heterocycles. The molecular weight excluding hydrogens is 206 g/mol. The van der Waals surface area contributed by atoms with Gasteiger partial charge >= 0.3 is 0 Å². The Balaban J connectivity index is 2.37. The van der Waals surface area contributed by atoms with Gasteiger partial charge in [0, 0.05) is 15.8 Å². The van der Waals surface area contributed by atoms with Gasteiger partial charge in [-0.2, -0.15) is 0 Å². The molecule has 2 atom stereocenters. The number of hydrogen-bond donors (Lipinski definition) is 2. The summed E-state index contributed by atoms with van der Waals surface area (Å²) in [6, 6.07) is 4.24. The first-order valence-corrected chi connectivity index (χ1v) is 6.46. The van der Waals surface area contributed by atoms with Crippen molar-refractivity contribution in [3.8, 4) is 0 Å². The summed E-state index contributed by atoms with van der Waals surface area (Å²) in [5, 5.41) is 9.58. The van der Waals surface area contributed by atoms with Crippen molar-refractivity contribution in [2.45, 2.75) is 51.7 Å². The second-order valence-electron chi connectivity index (χ2n) is 4.08. The number of thiophene rings is 1. The molecule has 0 saturated heterocycles. The molecule has 86 valence electrons. The van der Waals surface area contributed by atoms with Crippen LogP contribution in [0.5, 0.6) is 0 Å². The fraction of sp³-hybridized carbons (Fsp3) is 0.667. The Labute approximate surface area is 96.1 Å². The van der Waals surface area contributed by atoms with Crippen LogP contribution in [0.2, 0.25) is 0 Å². The minimum Gasteiger partial charge on any atom is -0.392 e. The molecule has 0 radical (unpaired) electrons. The highest BCUT2D eigenvalue weighted by atomic mass is 32.1. The molecule has 2 unspecified atom stereocenters. The maximum absolute atomic E-state index is 9.58. The normalized spacial score (nSPS) is 15.2. The van der Waals surface area contributed by atoms with Crippen molar-refractivity contribution in [1.82, 2.24) is 0 Å². The topological polar surface area (TPSA) is 46.2 Å². The van der Waals surface area contributed by atoms with E-state index in [0.29, 0.717) is 0 Å². The molecule has 3 heteroatoms. The second-order valence-corrected chi connectivity index (χ2v) is 5.34. The van der Waals surface area contributed by atoms with E-state index >= 15 is 0 Å². The van der Waals surface area contributed by atoms with E-state index in [0.717, 1.165) is 12.8 Å². The number of rotatable bonds is 6. The molecule has 15 heavy (non-hydrogen) atoms. The Morgan fingerprint density at radius 3 is 2.47 bits per heavy atom. The van der Waals surface area contributed by atoms with Crippen LogP contribution in [-0.4, -0.2) is 17.3 Å². The van der Waals surface area contributed by atoms with E-state index in [9.17, 15) is 5.11 Å². The van der Waals surface area contributed by atoms with E-state index in [1.165, 1.54) is 22.6 Å². The zero-order valence-electron chi connectivity index (χ0n) is 9.57. The zero-order chi connectivity index (χ0) is 11.3. The molecule has 0 fully saturated rings. The lowest BCUT2D eigenvalue weighted by molar-refractivity contribution is 0.142. The number of hydrogen-bond acceptors (Lipinski definition) is 3. The fourth-order valence-electron chi connectivity index (χ4n) is 1.49. The molecule has 3 N–H and O–H groups in total. The fourth-order valence-corrected chi connectivity index (χ4v) is 2.63. The van der Waals surface area contributed by atoms with Gasteiger partial charge in [-0.25, -0.2) is 0 Å². The van der Waals surface area contributed by atoms with Gasteiger partial charge in [-0.05, 0) is 38.3 Å². The van der Waals surface area contributed by atoms with E-state index in [4.69, 9.17) is 5.73 Å². The largest absolute Gasteiger partial charge is 0.392 e. The van der Waals surface area contributed by atoms with Gasteiger partial charge in [0.25, 0.3) is 0 Å². The van der Waals surface area contributed by atoms with E-state index in [1.54, 1.807) is 0 Å². The average molecular weight is 227 g/mol. The minimum atomic E-state index is -0.373. The number of aliphatic hydroxyl groups is 1. The van der Waals surface area contributed by atoms with Crippen LogP contribution in [0.3, 0.4) is 0 Å². The summed E-state index contributed by atoms with van der Waals surface area (Å²) < 4.78 is 0. The molecule has 0 bridgehead atoms. The van der Waals surface area contributed by atoms with Crippen LogP contribution in [0.1, 0.15) is 36.4 Å². The van der Waals surface area contributed by atoms with Crippen LogP contribution >= 0.6 is 11.3 Å². The molecule has 0 aromatic carbocycles. The molecule has 0 aliphatic rings. The van der Waals surface area contributed by atoms with Crippen molar-refractivity contribution in [1.29, 1.82) is 0 Å². The molecule has 2 nitrogen and oxygen atoms in total. The molecule has 1 aromatic heterocycles. The zero-order valence-corrected chi connectivity index (χ0v) is 10.4. The van der Waals surface area contributed by atoms with Crippen LogP contribution in [0.15, 0.2) is 12.1 Å². The molecule has 0 amide bonds. The lowest BCUT2D eigenvalue weighted by Gasteiger charge is -2.13. The van der Waals surface area contributed by atoms with Crippen molar-refractivity contribution in [3.63, 3.8) is 0 Å². The third-order valence-corrected chi connectivity index (χ3v) is 3.71. The maximum atomic E-state index is 9.58. The Hall–Kier alpha value is -0.380. The second kappa shape index (κ2) is 6.26. The maximum Gasteiger partial charge on any atom is 0.0691 e. The van der Waals surface area contributed by atoms with Crippen LogP contribution in [0.4, 0.5) is 0 Å². The smallest absolute Gasteiger partial charge is 0.0691 e. The third kappa shape index (κ3) is 4.33. The van der Waals surface area contributed by atoms with Gasteiger partial charge in [-0.15, -0.1) is 11.3 Å². The molecule has 1 rings (SSSR count). The summed E-state index contributed by atoms with van der Waals surface area (Å²) in [6.45, 7) is 4.04. The number of aryl methyl sites for hydroxylation is 2. The van der Waals surface area contributed by atoms with Crippen molar-refractivity contribution < 1.29 is 5.11 Å². The Morgan fingerprint density at radius 2 is 1.93 bits per heavy atom. The summed E-state index contributed by atoms with van der Waals surface area (Å²) in [5.41, 5.74) is 5.61. The van der Waals surface area contributed by atoms with Crippen molar-refractivity contribution in [2.75, 3.05) is 0 Å². The van der Waals surface area contributed by atoms with E-state index in [1.807, 2.05) is 18.3 Å². The van der Waals surface area contributed by atoms with Gasteiger partial charge in [-0.3, -0.25) is 0 Å². The van der Waals surface area contributed by atoms with E-state index in [-0.39, 0.29) is 12.1 Å². The molecule has 1 heterocycles. The highest BCUT2D eigenvalue weighted by molar-refractivity contribution is 7.11. The lowest BCUT2D eigenvalue weighted by atomic mass is 10.1. The van der Waals surface area contributed by atoms with Crippen LogP contribution in [0, 0.1) is 0 Å². The Kier molecular flexibility index (Phi) is 5.29. The minimum absolute atomic E-state index is 0.125. The predicted molar refractivity (Wildman–Crippen MR) is 66.3 cm³/mol. The number of nitrogens with two attached hydrogens (primary N) is 1. The van der Waals surface area contributed by atoms with Crippen LogP contribution in [-0.2, 0) is 12.8 Å². The van der Waals surface area contributed by atoms with Gasteiger partial charge in [-0.1, -0.05) is 13.3 Å². The summed E-state index contributed by atoms with van der Waals surface area (Å²) >= 11 is 1.86. The van der Waals surface area contributed by atoms with Crippen molar-refractivity contribution in [2.24, 2.45) is 5.73 Å². The summed E-state index contributed by atoms with van der Waals surface area (Å²) in [4.78, 5) is 2.81.